The summed E-state index contributed by atoms with van der Waals surface area (Å²) in [5.74, 6) is -0.361. The summed E-state index contributed by atoms with van der Waals surface area (Å²) < 4.78 is 13.6. The molecule has 1 atom stereocenters. The molecule has 3 heteroatoms. The molecule has 0 radical (unpaired) electrons. The van der Waals surface area contributed by atoms with Gasteiger partial charge in [0.05, 0.1) is 11.6 Å². The maximum absolute atomic E-state index is 13.6. The van der Waals surface area contributed by atoms with E-state index in [0.29, 0.717) is 11.6 Å². The van der Waals surface area contributed by atoms with E-state index in [0.717, 1.165) is 24.0 Å². The van der Waals surface area contributed by atoms with Gasteiger partial charge in [-0.1, -0.05) is 18.2 Å². The first-order chi connectivity index (χ1) is 9.72. The van der Waals surface area contributed by atoms with Crippen molar-refractivity contribution < 1.29 is 4.39 Å². The molecule has 1 unspecified atom stereocenters. The molecule has 0 bridgehead atoms. The number of hydrogen-bond donors (Lipinski definition) is 1. The van der Waals surface area contributed by atoms with Gasteiger partial charge in [0, 0.05) is 6.04 Å². The van der Waals surface area contributed by atoms with Crippen molar-refractivity contribution in [1.29, 1.82) is 5.26 Å². The normalized spacial score (nSPS) is 16.8. The monoisotopic (exact) mass is 266 g/mol. The second-order valence-corrected chi connectivity index (χ2v) is 5.09. The molecule has 3 rings (SSSR count). The maximum Gasteiger partial charge on any atom is 0.125 e. The molecule has 0 amide bonds. The Morgan fingerprint density at radius 3 is 2.90 bits per heavy atom. The predicted octanol–water partition coefficient (Wildman–Crippen LogP) is 3.57. The van der Waals surface area contributed by atoms with Gasteiger partial charge in [-0.2, -0.15) is 5.26 Å². The van der Waals surface area contributed by atoms with Gasteiger partial charge in [-0.3, -0.25) is 0 Å². The van der Waals surface area contributed by atoms with Crippen LogP contribution in [0.1, 0.15) is 29.2 Å². The predicted molar refractivity (Wildman–Crippen MR) is 76.7 cm³/mol. The minimum Gasteiger partial charge on any atom is -0.313 e. The highest BCUT2D eigenvalue weighted by Gasteiger charge is 2.23. The van der Waals surface area contributed by atoms with Gasteiger partial charge in [-0.25, -0.2) is 4.39 Å². The van der Waals surface area contributed by atoms with Crippen LogP contribution >= 0.6 is 0 Å². The van der Waals surface area contributed by atoms with Gasteiger partial charge in [0.15, 0.2) is 0 Å². The van der Waals surface area contributed by atoms with E-state index in [1.807, 2.05) is 25.2 Å². The number of fused-ring (bicyclic) bond motifs is 1. The van der Waals surface area contributed by atoms with E-state index in [1.54, 1.807) is 6.07 Å². The lowest BCUT2D eigenvalue weighted by atomic mass is 9.95. The molecule has 20 heavy (non-hydrogen) atoms. The summed E-state index contributed by atoms with van der Waals surface area (Å²) >= 11 is 0. The van der Waals surface area contributed by atoms with E-state index in [1.165, 1.54) is 23.3 Å². The number of hydrogen-bond acceptors (Lipinski definition) is 2. The molecule has 2 aromatic rings. The molecule has 0 heterocycles. The van der Waals surface area contributed by atoms with Crippen molar-refractivity contribution in [1.82, 2.24) is 5.32 Å². The summed E-state index contributed by atoms with van der Waals surface area (Å²) in [5.41, 5.74) is 4.74. The van der Waals surface area contributed by atoms with Gasteiger partial charge < -0.3 is 5.32 Å². The van der Waals surface area contributed by atoms with Gasteiger partial charge in [0.2, 0.25) is 0 Å². The number of nitrogens with one attached hydrogen (secondary N) is 1. The van der Waals surface area contributed by atoms with Crippen molar-refractivity contribution in [3.8, 4) is 17.2 Å². The smallest absolute Gasteiger partial charge is 0.125 e. The van der Waals surface area contributed by atoms with Crippen LogP contribution in [0.4, 0.5) is 4.39 Å². The molecule has 1 N–H and O–H groups in total. The Morgan fingerprint density at radius 2 is 2.15 bits per heavy atom. The molecule has 1 aliphatic carbocycles. The van der Waals surface area contributed by atoms with Gasteiger partial charge >= 0.3 is 0 Å². The average molecular weight is 266 g/mol. The van der Waals surface area contributed by atoms with Crippen molar-refractivity contribution >= 4 is 0 Å². The van der Waals surface area contributed by atoms with Crippen LogP contribution in [0, 0.1) is 17.1 Å². The van der Waals surface area contributed by atoms with Crippen LogP contribution in [0.5, 0.6) is 0 Å². The Bertz CT molecular complexity index is 701. The zero-order valence-corrected chi connectivity index (χ0v) is 11.3. The van der Waals surface area contributed by atoms with E-state index < -0.39 is 0 Å². The summed E-state index contributed by atoms with van der Waals surface area (Å²) in [6, 6.07) is 13.0. The summed E-state index contributed by atoms with van der Waals surface area (Å²) in [4.78, 5) is 0. The Hall–Kier alpha value is -2.18. The second kappa shape index (κ2) is 5.07. The van der Waals surface area contributed by atoms with Gasteiger partial charge in [0.25, 0.3) is 0 Å². The number of rotatable bonds is 2. The van der Waals surface area contributed by atoms with E-state index in [4.69, 9.17) is 5.26 Å². The third-order valence-electron chi connectivity index (χ3n) is 3.96. The minimum absolute atomic E-state index is 0.361. The fourth-order valence-corrected chi connectivity index (χ4v) is 3.03. The van der Waals surface area contributed by atoms with Crippen molar-refractivity contribution in [3.63, 3.8) is 0 Å². The second-order valence-electron chi connectivity index (χ2n) is 5.09. The van der Waals surface area contributed by atoms with Crippen molar-refractivity contribution in [3.05, 3.63) is 58.9 Å². The largest absolute Gasteiger partial charge is 0.313 e. The van der Waals surface area contributed by atoms with Crippen LogP contribution in [0.25, 0.3) is 11.1 Å². The van der Waals surface area contributed by atoms with Crippen LogP contribution in [-0.2, 0) is 6.42 Å². The van der Waals surface area contributed by atoms with E-state index in [2.05, 4.69) is 11.4 Å². The number of nitrogens with zero attached hydrogens (tertiary/aromatic N) is 1. The molecule has 2 nitrogen and oxygen atoms in total. The first-order valence-electron chi connectivity index (χ1n) is 6.73. The lowest BCUT2D eigenvalue weighted by Crippen LogP contribution is -2.12. The Labute approximate surface area is 117 Å². The molecule has 0 aromatic heterocycles. The summed E-state index contributed by atoms with van der Waals surface area (Å²) in [5, 5.41) is 12.3. The first kappa shape index (κ1) is 12.8. The lowest BCUT2D eigenvalue weighted by Gasteiger charge is -2.12. The van der Waals surface area contributed by atoms with Crippen LogP contribution in [0.2, 0.25) is 0 Å². The fraction of sp³-hybridized carbons (Fsp3) is 0.235. The van der Waals surface area contributed by atoms with E-state index in [9.17, 15) is 4.39 Å². The molecule has 0 aliphatic heterocycles. The molecule has 0 spiro atoms. The zero-order chi connectivity index (χ0) is 14.1. The topological polar surface area (TPSA) is 35.8 Å². The Balaban J connectivity index is 2.15. The molecule has 1 aliphatic rings. The number of nitriles is 1. The molecular weight excluding hydrogens is 251 g/mol. The van der Waals surface area contributed by atoms with Crippen LogP contribution in [0.3, 0.4) is 0 Å². The first-order valence-corrected chi connectivity index (χ1v) is 6.73. The standard InChI is InChI=1S/C17H15FN2/c1-20-17-6-5-15-14(3-2-4-16(15)17)12-7-11(10-19)8-13(18)9-12/h2-4,7-9,17,20H,5-6H2,1H3. The zero-order valence-electron chi connectivity index (χ0n) is 11.3. The van der Waals surface area contributed by atoms with Gasteiger partial charge in [0.1, 0.15) is 5.82 Å². The van der Waals surface area contributed by atoms with Crippen LogP contribution in [0.15, 0.2) is 36.4 Å². The number of benzene rings is 2. The van der Waals surface area contributed by atoms with Crippen molar-refractivity contribution in [2.75, 3.05) is 7.05 Å². The summed E-state index contributed by atoms with van der Waals surface area (Å²) in [6.45, 7) is 0. The molecule has 0 saturated carbocycles. The molecule has 0 saturated heterocycles. The van der Waals surface area contributed by atoms with Crippen molar-refractivity contribution in [2.45, 2.75) is 18.9 Å². The Morgan fingerprint density at radius 1 is 1.30 bits per heavy atom. The summed E-state index contributed by atoms with van der Waals surface area (Å²) in [7, 11) is 1.96. The van der Waals surface area contributed by atoms with Crippen molar-refractivity contribution in [2.24, 2.45) is 0 Å². The molecule has 100 valence electrons. The van der Waals surface area contributed by atoms with E-state index in [-0.39, 0.29) is 5.82 Å². The lowest BCUT2D eigenvalue weighted by molar-refractivity contribution is 0.590. The molecule has 2 aromatic carbocycles. The minimum atomic E-state index is -0.361. The van der Waals surface area contributed by atoms with Gasteiger partial charge in [-0.15, -0.1) is 0 Å². The average Bonchev–Trinajstić information content (AvgIpc) is 2.89. The third-order valence-corrected chi connectivity index (χ3v) is 3.96. The molecule has 0 fully saturated rings. The SMILES string of the molecule is CNC1CCc2c(-c3cc(F)cc(C#N)c3)cccc21. The highest BCUT2D eigenvalue weighted by molar-refractivity contribution is 5.71. The highest BCUT2D eigenvalue weighted by Crippen LogP contribution is 2.37. The summed E-state index contributed by atoms with van der Waals surface area (Å²) in [6.07, 6.45) is 2.04. The van der Waals surface area contributed by atoms with Crippen LogP contribution < -0.4 is 5.32 Å². The van der Waals surface area contributed by atoms with Gasteiger partial charge in [-0.05, 0) is 60.3 Å². The third kappa shape index (κ3) is 2.09. The van der Waals surface area contributed by atoms with E-state index >= 15 is 0 Å². The maximum atomic E-state index is 13.6. The fourth-order valence-electron chi connectivity index (χ4n) is 3.03. The molecular formula is C17H15FN2. The highest BCUT2D eigenvalue weighted by atomic mass is 19.1. The number of halogens is 1. The Kier molecular flexibility index (Phi) is 3.25. The quantitative estimate of drug-likeness (QED) is 0.902. The van der Waals surface area contributed by atoms with Crippen LogP contribution in [-0.4, -0.2) is 7.05 Å².